The number of hydrogen-bond donors (Lipinski definition) is 0. The molecule has 0 amide bonds. The second-order valence-electron chi connectivity index (χ2n) is 4.10. The van der Waals surface area contributed by atoms with Crippen molar-refractivity contribution in [2.75, 3.05) is 0 Å². The lowest BCUT2D eigenvalue weighted by Crippen LogP contribution is -1.88. The molecule has 1 nitrogen and oxygen atoms in total. The van der Waals surface area contributed by atoms with E-state index < -0.39 is 5.76 Å². The summed E-state index contributed by atoms with van der Waals surface area (Å²) in [6, 6.07) is 12.4. The van der Waals surface area contributed by atoms with Crippen LogP contribution in [0.3, 0.4) is 0 Å². The second kappa shape index (κ2) is 5.97. The van der Waals surface area contributed by atoms with Gasteiger partial charge in [-0.15, -0.1) is 0 Å². The van der Waals surface area contributed by atoms with Gasteiger partial charge in [0.25, 0.3) is 5.76 Å². The molecule has 0 heterocycles. The molecule has 2 rings (SSSR count). The molecule has 4 heteroatoms. The van der Waals surface area contributed by atoms with E-state index in [2.05, 4.69) is 0 Å². The van der Waals surface area contributed by atoms with Gasteiger partial charge in [0.15, 0.2) is 0 Å². The monoisotopic (exact) mass is 278 g/mol. The van der Waals surface area contributed by atoms with Gasteiger partial charge in [0, 0.05) is 10.5 Å². The Morgan fingerprint density at radius 2 is 1.79 bits per heavy atom. The Kier molecular flexibility index (Phi) is 4.32. The number of carbonyl (C=O) groups excluding carboxylic acids is 1. The molecule has 0 aliphatic carbocycles. The molecule has 0 radical (unpaired) electrons. The number of benzene rings is 2. The molecule has 0 saturated heterocycles. The van der Waals surface area contributed by atoms with E-state index >= 15 is 0 Å². The molecule has 0 atom stereocenters. The van der Waals surface area contributed by atoms with Gasteiger partial charge in [0.05, 0.1) is 0 Å². The predicted octanol–water partition coefficient (Wildman–Crippen LogP) is 4.79. The normalized spacial score (nSPS) is 10.7. The maximum atomic E-state index is 12.2. The van der Waals surface area contributed by atoms with Gasteiger partial charge in [0.2, 0.25) is 0 Å². The highest BCUT2D eigenvalue weighted by Crippen LogP contribution is 2.29. The fourth-order valence-corrected chi connectivity index (χ4v) is 2.34. The number of rotatable bonds is 4. The van der Waals surface area contributed by atoms with Crippen LogP contribution >= 0.6 is 11.8 Å². The first-order valence-corrected chi connectivity index (χ1v) is 6.59. The van der Waals surface area contributed by atoms with Crippen molar-refractivity contribution < 1.29 is 13.6 Å². The average Bonchev–Trinajstić information content (AvgIpc) is 2.40. The SMILES string of the molecule is Cc1ccc(C=O)cc1-c1ccc(SC(F)F)cc1. The summed E-state index contributed by atoms with van der Waals surface area (Å²) < 4.78 is 24.5. The molecule has 0 aliphatic heterocycles. The quantitative estimate of drug-likeness (QED) is 0.591. The van der Waals surface area contributed by atoms with Crippen molar-refractivity contribution in [3.8, 4) is 11.1 Å². The Hall–Kier alpha value is -1.68. The molecule has 0 unspecified atom stereocenters. The Balaban J connectivity index is 2.34. The Bertz CT molecular complexity index is 579. The lowest BCUT2D eigenvalue weighted by molar-refractivity contribution is 0.112. The van der Waals surface area contributed by atoms with Crippen LogP contribution in [0.25, 0.3) is 11.1 Å². The van der Waals surface area contributed by atoms with Gasteiger partial charge >= 0.3 is 0 Å². The van der Waals surface area contributed by atoms with Crippen molar-refractivity contribution >= 4 is 18.0 Å². The summed E-state index contributed by atoms with van der Waals surface area (Å²) in [5, 5.41) is 0. The third kappa shape index (κ3) is 3.41. The summed E-state index contributed by atoms with van der Waals surface area (Å²) in [4.78, 5) is 11.3. The lowest BCUT2D eigenvalue weighted by Gasteiger charge is -2.08. The molecule has 0 bridgehead atoms. The second-order valence-corrected chi connectivity index (χ2v) is 5.16. The Morgan fingerprint density at radius 1 is 1.11 bits per heavy atom. The largest absolute Gasteiger partial charge is 0.298 e. The number of halogens is 2. The zero-order valence-corrected chi connectivity index (χ0v) is 11.1. The third-order valence-electron chi connectivity index (χ3n) is 2.79. The van der Waals surface area contributed by atoms with Gasteiger partial charge in [0.1, 0.15) is 6.29 Å². The van der Waals surface area contributed by atoms with Gasteiger partial charge in [-0.25, -0.2) is 0 Å². The minimum Gasteiger partial charge on any atom is -0.298 e. The summed E-state index contributed by atoms with van der Waals surface area (Å²) in [6.45, 7) is 1.95. The summed E-state index contributed by atoms with van der Waals surface area (Å²) in [5.74, 6) is -2.41. The van der Waals surface area contributed by atoms with Crippen LogP contribution in [-0.4, -0.2) is 12.0 Å². The van der Waals surface area contributed by atoms with Crippen LogP contribution in [-0.2, 0) is 0 Å². The highest BCUT2D eigenvalue weighted by molar-refractivity contribution is 7.99. The zero-order chi connectivity index (χ0) is 13.8. The van der Waals surface area contributed by atoms with Gasteiger partial charge in [-0.1, -0.05) is 36.0 Å². The summed E-state index contributed by atoms with van der Waals surface area (Å²) in [5.41, 5.74) is 3.50. The molecule has 2 aromatic rings. The first kappa shape index (κ1) is 13.7. The summed E-state index contributed by atoms with van der Waals surface area (Å²) >= 11 is 0.525. The van der Waals surface area contributed by atoms with Gasteiger partial charge in [-0.3, -0.25) is 4.79 Å². The Labute approximate surface area is 114 Å². The van der Waals surface area contributed by atoms with E-state index in [-0.39, 0.29) is 0 Å². The van der Waals surface area contributed by atoms with Crippen molar-refractivity contribution in [3.05, 3.63) is 53.6 Å². The first-order valence-electron chi connectivity index (χ1n) is 5.71. The van der Waals surface area contributed by atoms with Gasteiger partial charge < -0.3 is 0 Å². The van der Waals surface area contributed by atoms with E-state index in [1.165, 1.54) is 0 Å². The zero-order valence-electron chi connectivity index (χ0n) is 10.3. The molecule has 0 spiro atoms. The molecule has 2 aromatic carbocycles. The van der Waals surface area contributed by atoms with Gasteiger partial charge in [-0.2, -0.15) is 8.78 Å². The molecule has 98 valence electrons. The van der Waals surface area contributed by atoms with Crippen LogP contribution in [0, 0.1) is 6.92 Å². The maximum Gasteiger partial charge on any atom is 0.288 e. The Morgan fingerprint density at radius 3 is 2.37 bits per heavy atom. The van der Waals surface area contributed by atoms with Crippen molar-refractivity contribution in [1.29, 1.82) is 0 Å². The molecule has 0 fully saturated rings. The third-order valence-corrected chi connectivity index (χ3v) is 3.51. The van der Waals surface area contributed by atoms with E-state index in [1.807, 2.05) is 13.0 Å². The number of carbonyl (C=O) groups is 1. The average molecular weight is 278 g/mol. The molecule has 0 N–H and O–H groups in total. The van der Waals surface area contributed by atoms with E-state index in [0.29, 0.717) is 22.2 Å². The van der Waals surface area contributed by atoms with Crippen molar-refractivity contribution in [2.45, 2.75) is 17.6 Å². The van der Waals surface area contributed by atoms with Crippen LogP contribution in [0.5, 0.6) is 0 Å². The molecular formula is C15H12F2OS. The van der Waals surface area contributed by atoms with Crippen LogP contribution < -0.4 is 0 Å². The lowest BCUT2D eigenvalue weighted by atomic mass is 9.98. The number of alkyl halides is 2. The predicted molar refractivity (Wildman–Crippen MR) is 73.9 cm³/mol. The highest BCUT2D eigenvalue weighted by atomic mass is 32.2. The van der Waals surface area contributed by atoms with Crippen molar-refractivity contribution in [1.82, 2.24) is 0 Å². The summed E-state index contributed by atoms with van der Waals surface area (Å²) in [7, 11) is 0. The van der Waals surface area contributed by atoms with Crippen LogP contribution in [0.15, 0.2) is 47.4 Å². The van der Waals surface area contributed by atoms with E-state index in [1.54, 1.807) is 36.4 Å². The maximum absolute atomic E-state index is 12.2. The molecule has 19 heavy (non-hydrogen) atoms. The van der Waals surface area contributed by atoms with Crippen LogP contribution in [0.2, 0.25) is 0 Å². The van der Waals surface area contributed by atoms with E-state index in [9.17, 15) is 13.6 Å². The molecular weight excluding hydrogens is 266 g/mol. The minimum atomic E-state index is -2.41. The van der Waals surface area contributed by atoms with Crippen molar-refractivity contribution in [2.24, 2.45) is 0 Å². The van der Waals surface area contributed by atoms with E-state index in [4.69, 9.17) is 0 Å². The van der Waals surface area contributed by atoms with Crippen molar-refractivity contribution in [3.63, 3.8) is 0 Å². The smallest absolute Gasteiger partial charge is 0.288 e. The fraction of sp³-hybridized carbons (Fsp3) is 0.133. The number of aldehydes is 1. The molecule has 0 aliphatic rings. The number of thioether (sulfide) groups is 1. The minimum absolute atomic E-state index is 0.525. The standard InChI is InChI=1S/C15H12F2OS/c1-10-2-3-11(9-18)8-14(10)12-4-6-13(7-5-12)19-15(16)17/h2-9,15H,1H3. The number of hydrogen-bond acceptors (Lipinski definition) is 2. The molecule has 0 aromatic heterocycles. The fourth-order valence-electron chi connectivity index (χ4n) is 1.84. The highest BCUT2D eigenvalue weighted by Gasteiger charge is 2.07. The summed E-state index contributed by atoms with van der Waals surface area (Å²) in [6.07, 6.45) is 0.796. The van der Waals surface area contributed by atoms with Crippen LogP contribution in [0.4, 0.5) is 8.78 Å². The van der Waals surface area contributed by atoms with E-state index in [0.717, 1.165) is 23.0 Å². The van der Waals surface area contributed by atoms with Gasteiger partial charge in [-0.05, 0) is 41.8 Å². The topological polar surface area (TPSA) is 17.1 Å². The first-order chi connectivity index (χ1) is 9.10. The number of aryl methyl sites for hydroxylation is 1. The van der Waals surface area contributed by atoms with Crippen LogP contribution in [0.1, 0.15) is 15.9 Å². The molecule has 0 saturated carbocycles.